The largest absolute Gasteiger partial charge is 0.365 e. The average molecular weight is 1550 g/mol. The van der Waals surface area contributed by atoms with Crippen LogP contribution in [-0.2, 0) is 39.3 Å². The molecule has 32 nitrogen and oxygen atoms in total. The van der Waals surface area contributed by atoms with Gasteiger partial charge >= 0.3 is 0 Å². The minimum atomic E-state index is -3.29. The second-order valence-corrected chi connectivity index (χ2v) is 35.0. The van der Waals surface area contributed by atoms with Gasteiger partial charge in [0.1, 0.15) is 22.3 Å². The number of benzene rings is 4. The fraction of sp³-hybridized carbons (Fsp3) is 0.389. The van der Waals surface area contributed by atoms with Crippen LogP contribution >= 0.6 is 0 Å². The number of carbonyl (C=O) groups excluding carboxylic acids is 4. The summed E-state index contributed by atoms with van der Waals surface area (Å²) in [5.41, 5.74) is 25.2. The molecule has 36 heteroatoms. The number of amides is 4. The third kappa shape index (κ3) is 20.6. The smallest absolute Gasteiger partial charge is 0.254 e. The van der Waals surface area contributed by atoms with Gasteiger partial charge in [-0.15, -0.1) is 0 Å². The van der Waals surface area contributed by atoms with E-state index in [-0.39, 0.29) is 113 Å². The molecule has 4 aliphatic rings. The van der Waals surface area contributed by atoms with Crippen LogP contribution in [0.15, 0.2) is 141 Å². The van der Waals surface area contributed by atoms with Crippen LogP contribution in [0, 0.1) is 69.0 Å². The van der Waals surface area contributed by atoms with Crippen molar-refractivity contribution < 1.29 is 52.8 Å². The zero-order chi connectivity index (χ0) is 78.4. The molecule has 4 aromatic heterocycles. The molecule has 0 radical (unpaired) electrons. The minimum Gasteiger partial charge on any atom is -0.365 e. The van der Waals surface area contributed by atoms with Crippen LogP contribution in [-0.4, -0.2) is 121 Å². The lowest BCUT2D eigenvalue weighted by molar-refractivity contribution is 0.0992. The fourth-order valence-electron chi connectivity index (χ4n) is 13.3. The molecule has 4 heterocycles. The van der Waals surface area contributed by atoms with E-state index in [1.54, 1.807) is 92.0 Å². The highest BCUT2D eigenvalue weighted by atomic mass is 32.2. The molecule has 4 aliphatic carbocycles. The quantitative estimate of drug-likeness (QED) is 0.0352. The standard InChI is InChI=1S/4C18H21N5O3S/c4*1-27(25,26)14-8-6-13(7-9-14)21-18-15(17(20)24)11-23(22-18)16-5-3-2-4-12(16)10-19/h4*6-9,11-12,16H,2-5H2,1H3,(H2,20,24)(H,21,22)/t2*12-,16+;2*12-,16-/m1010/s1. The summed E-state index contributed by atoms with van der Waals surface area (Å²) in [6.07, 6.45) is 25.4. The van der Waals surface area contributed by atoms with Crippen LogP contribution in [0.5, 0.6) is 0 Å². The Kier molecular flexibility index (Phi) is 26.0. The van der Waals surface area contributed by atoms with Crippen molar-refractivity contribution in [1.82, 2.24) is 39.1 Å². The van der Waals surface area contributed by atoms with E-state index in [0.29, 0.717) is 22.7 Å². The summed E-state index contributed by atoms with van der Waals surface area (Å²) in [5, 5.41) is 67.4. The number of carbonyl (C=O) groups is 4. The van der Waals surface area contributed by atoms with Gasteiger partial charge in [0.25, 0.3) is 23.6 Å². The van der Waals surface area contributed by atoms with E-state index in [4.69, 9.17) is 22.9 Å². The molecule has 0 saturated heterocycles. The zero-order valence-corrected chi connectivity index (χ0v) is 63.0. The van der Waals surface area contributed by atoms with Crippen LogP contribution in [0.25, 0.3) is 0 Å². The van der Waals surface area contributed by atoms with Crippen LogP contribution in [0.2, 0.25) is 0 Å². The highest BCUT2D eigenvalue weighted by Gasteiger charge is 2.34. The first-order valence-corrected chi connectivity index (χ1v) is 42.2. The first-order valence-electron chi connectivity index (χ1n) is 34.6. The third-order valence-electron chi connectivity index (χ3n) is 19.1. The number of anilines is 8. The van der Waals surface area contributed by atoms with Gasteiger partial charge in [-0.05, 0) is 148 Å². The van der Waals surface area contributed by atoms with E-state index < -0.39 is 63.0 Å². The highest BCUT2D eigenvalue weighted by molar-refractivity contribution is 7.91. The summed E-state index contributed by atoms with van der Waals surface area (Å²) >= 11 is 0. The van der Waals surface area contributed by atoms with Crippen LogP contribution in [0.3, 0.4) is 0 Å². The number of nitriles is 4. The Hall–Kier alpha value is -11.4. The lowest BCUT2D eigenvalue weighted by atomic mass is 9.85. The van der Waals surface area contributed by atoms with Gasteiger partial charge in [0.2, 0.25) is 0 Å². The second-order valence-electron chi connectivity index (χ2n) is 27.0. The maximum atomic E-state index is 11.8. The molecule has 0 bridgehead atoms. The van der Waals surface area contributed by atoms with Gasteiger partial charge in [0.15, 0.2) is 62.6 Å². The van der Waals surface area contributed by atoms with Crippen molar-refractivity contribution in [3.05, 3.63) is 144 Å². The van der Waals surface area contributed by atoms with Crippen LogP contribution in [0.4, 0.5) is 46.0 Å². The van der Waals surface area contributed by atoms with Crippen molar-refractivity contribution in [3.8, 4) is 24.3 Å². The molecule has 0 spiro atoms. The van der Waals surface area contributed by atoms with Gasteiger partial charge in [-0.25, -0.2) is 33.7 Å². The Labute approximate surface area is 626 Å². The van der Waals surface area contributed by atoms with Gasteiger partial charge in [-0.2, -0.15) is 41.4 Å². The summed E-state index contributed by atoms with van der Waals surface area (Å²) in [6.45, 7) is 0. The molecule has 4 saturated carbocycles. The SMILES string of the molecule is CS(=O)(=O)c1ccc(Nc2nn([C@@H]3CCCC[C@@H]3C#N)cc2C(N)=O)cc1.CS(=O)(=O)c1ccc(Nc2nn([C@@H]3CCCC[C@H]3C#N)cc2C(N)=O)cc1.CS(=O)(=O)c1ccc(Nc2nn([C@H]3CCCC[C@@H]3C#N)cc2C(N)=O)cc1.CS(=O)(=O)c1ccc(Nc2nn([C@H]3CCCC[C@H]3C#N)cc2C(N)=O)cc1. The van der Waals surface area contributed by atoms with E-state index in [0.717, 1.165) is 128 Å². The molecular formula is C72H84N20O12S4. The van der Waals surface area contributed by atoms with Gasteiger partial charge < -0.3 is 44.2 Å². The number of primary amides is 4. The number of hydrogen-bond donors (Lipinski definition) is 8. The Bertz CT molecular complexity index is 4610. The predicted molar refractivity (Wildman–Crippen MR) is 401 cm³/mol. The number of sulfone groups is 4. The second kappa shape index (κ2) is 34.9. The number of nitrogens with one attached hydrogen (secondary N) is 4. The molecule has 4 aromatic carbocycles. The molecule has 0 aliphatic heterocycles. The maximum Gasteiger partial charge on any atom is 0.254 e. The number of nitrogens with two attached hydrogens (primary N) is 4. The number of nitrogens with zero attached hydrogens (tertiary/aromatic N) is 12. The Balaban J connectivity index is 0.000000166. The summed E-state index contributed by atoms with van der Waals surface area (Å²) in [6, 6.07) is 33.5. The number of hydrogen-bond acceptors (Lipinski definition) is 24. The fourth-order valence-corrected chi connectivity index (χ4v) is 15.9. The van der Waals surface area contributed by atoms with Crippen molar-refractivity contribution in [2.75, 3.05) is 46.3 Å². The lowest BCUT2D eigenvalue weighted by Crippen LogP contribution is -2.22. The minimum absolute atomic E-state index is 0.0926. The molecule has 8 aromatic rings. The van der Waals surface area contributed by atoms with Gasteiger partial charge in [-0.1, -0.05) is 51.4 Å². The molecule has 12 N–H and O–H groups in total. The van der Waals surface area contributed by atoms with Crippen LogP contribution in [0.1, 0.15) is 168 Å². The molecule has 568 valence electrons. The first kappa shape index (κ1) is 80.7. The maximum absolute atomic E-state index is 11.8. The molecule has 0 unspecified atom stereocenters. The average Bonchev–Trinajstić information content (AvgIpc) is 1.67. The van der Waals surface area contributed by atoms with E-state index in [2.05, 4.69) is 65.9 Å². The number of rotatable bonds is 20. The van der Waals surface area contributed by atoms with Crippen molar-refractivity contribution in [1.29, 1.82) is 21.0 Å². The normalized spacial score (nSPS) is 20.0. The summed E-state index contributed by atoms with van der Waals surface area (Å²) in [4.78, 5) is 48.1. The predicted octanol–water partition coefficient (Wildman–Crippen LogP) is 9.54. The molecular weight excluding hydrogens is 1470 g/mol. The topological polar surface area (TPSA) is 523 Å². The van der Waals surface area contributed by atoms with E-state index in [1.165, 1.54) is 48.5 Å². The molecule has 8 atom stereocenters. The summed E-state index contributed by atoms with van der Waals surface area (Å²) in [7, 11) is -13.1. The van der Waals surface area contributed by atoms with Crippen molar-refractivity contribution in [2.45, 2.75) is 146 Å². The molecule has 108 heavy (non-hydrogen) atoms. The van der Waals surface area contributed by atoms with E-state index in [9.17, 15) is 73.9 Å². The van der Waals surface area contributed by atoms with Gasteiger partial charge in [0, 0.05) is 72.6 Å². The van der Waals surface area contributed by atoms with Crippen LogP contribution < -0.4 is 44.2 Å². The van der Waals surface area contributed by atoms with Gasteiger partial charge in [-0.3, -0.25) is 37.9 Å². The van der Waals surface area contributed by atoms with Gasteiger partial charge in [0.05, 0.1) is 91.7 Å². The molecule has 12 rings (SSSR count). The van der Waals surface area contributed by atoms with E-state index in [1.807, 2.05) is 0 Å². The van der Waals surface area contributed by atoms with Crippen molar-refractivity contribution in [2.24, 2.45) is 46.6 Å². The Morgan fingerprint density at radius 3 is 0.639 bits per heavy atom. The first-order chi connectivity index (χ1) is 51.2. The van der Waals surface area contributed by atoms with Crippen molar-refractivity contribution in [3.63, 3.8) is 0 Å². The van der Waals surface area contributed by atoms with Crippen molar-refractivity contribution >= 4 is 109 Å². The zero-order valence-electron chi connectivity index (χ0n) is 59.7. The van der Waals surface area contributed by atoms with E-state index >= 15 is 0 Å². The lowest BCUT2D eigenvalue weighted by Gasteiger charge is -2.26. The monoisotopic (exact) mass is 1550 g/mol. The summed E-state index contributed by atoms with van der Waals surface area (Å²) < 4.78 is 99.1. The highest BCUT2D eigenvalue weighted by Crippen LogP contribution is 2.39. The summed E-state index contributed by atoms with van der Waals surface area (Å²) in [5.74, 6) is -1.95. The third-order valence-corrected chi connectivity index (χ3v) is 23.6. The Morgan fingerprint density at radius 2 is 0.491 bits per heavy atom. The number of aromatic nitrogens is 8. The molecule has 4 fully saturated rings. The Morgan fingerprint density at radius 1 is 0.324 bits per heavy atom. The molecule has 4 amide bonds.